The number of nitrogens with zero attached hydrogens (tertiary/aromatic N) is 2. The number of pyridine rings is 1. The monoisotopic (exact) mass is 218 g/mol. The first kappa shape index (κ1) is 11.3. The van der Waals surface area contributed by atoms with E-state index in [-0.39, 0.29) is 0 Å². The molecule has 2 heterocycles. The summed E-state index contributed by atoms with van der Waals surface area (Å²) in [5.41, 5.74) is 2.39. The smallest absolute Gasteiger partial charge is 0.154 e. The zero-order chi connectivity index (χ0) is 11.2. The van der Waals surface area contributed by atoms with Crippen LogP contribution in [0, 0.1) is 0 Å². The van der Waals surface area contributed by atoms with Gasteiger partial charge in [0.15, 0.2) is 5.82 Å². The second-order valence-electron chi connectivity index (χ2n) is 4.17. The molecule has 1 N–H and O–H groups in total. The average Bonchev–Trinajstić information content (AvgIpc) is 2.34. The fraction of sp³-hybridized carbons (Fsp3) is 0.538. The topological polar surface area (TPSA) is 45.5 Å². The van der Waals surface area contributed by atoms with Crippen LogP contribution >= 0.6 is 0 Å². The van der Waals surface area contributed by atoms with Gasteiger partial charge in [-0.15, -0.1) is 0 Å². The van der Waals surface area contributed by atoms with Crippen molar-refractivity contribution in [2.24, 2.45) is 4.99 Å². The maximum atomic E-state index is 8.69. The Morgan fingerprint density at radius 2 is 2.12 bits per heavy atom. The maximum Gasteiger partial charge on any atom is 0.154 e. The molecule has 0 amide bonds. The molecule has 1 aliphatic heterocycles. The number of hydrogen-bond donors (Lipinski definition) is 1. The average molecular weight is 218 g/mol. The van der Waals surface area contributed by atoms with E-state index in [2.05, 4.69) is 22.1 Å². The van der Waals surface area contributed by atoms with Gasteiger partial charge < -0.3 is 5.11 Å². The summed E-state index contributed by atoms with van der Waals surface area (Å²) in [6.07, 6.45) is 8.09. The molecular weight excluding hydrogens is 200 g/mol. The number of aliphatic hydroxyl groups is 1. The molecular formula is C13H18N2O. The van der Waals surface area contributed by atoms with Gasteiger partial charge in [0.1, 0.15) is 0 Å². The van der Waals surface area contributed by atoms with Crippen LogP contribution in [0.2, 0.25) is 0 Å². The third-order valence-electron chi connectivity index (χ3n) is 2.86. The highest BCUT2D eigenvalue weighted by Gasteiger charge is 2.07. The van der Waals surface area contributed by atoms with Crippen LogP contribution in [0.3, 0.4) is 0 Å². The lowest BCUT2D eigenvalue weighted by Gasteiger charge is -2.09. The van der Waals surface area contributed by atoms with Gasteiger partial charge in [-0.1, -0.05) is 12.5 Å². The van der Waals surface area contributed by atoms with Crippen molar-refractivity contribution in [1.29, 1.82) is 0 Å². The Hall–Kier alpha value is -1.22. The van der Waals surface area contributed by atoms with E-state index >= 15 is 0 Å². The van der Waals surface area contributed by atoms with Crippen LogP contribution in [-0.2, 0) is 12.8 Å². The highest BCUT2D eigenvalue weighted by Crippen LogP contribution is 2.22. The van der Waals surface area contributed by atoms with Crippen LogP contribution in [-0.4, -0.2) is 22.9 Å². The zero-order valence-corrected chi connectivity index (χ0v) is 9.52. The molecule has 2 rings (SSSR count). The second-order valence-corrected chi connectivity index (χ2v) is 4.17. The van der Waals surface area contributed by atoms with Crippen molar-refractivity contribution in [1.82, 2.24) is 4.98 Å². The molecule has 0 spiro atoms. The summed E-state index contributed by atoms with van der Waals surface area (Å²) in [4.78, 5) is 8.87. The van der Waals surface area contributed by atoms with Gasteiger partial charge in [0.2, 0.25) is 0 Å². The Morgan fingerprint density at radius 1 is 1.19 bits per heavy atom. The van der Waals surface area contributed by atoms with E-state index in [4.69, 9.17) is 5.11 Å². The van der Waals surface area contributed by atoms with E-state index in [9.17, 15) is 0 Å². The molecule has 0 radical (unpaired) electrons. The van der Waals surface area contributed by atoms with E-state index in [1.54, 1.807) is 0 Å². The van der Waals surface area contributed by atoms with E-state index in [0.29, 0.717) is 6.61 Å². The summed E-state index contributed by atoms with van der Waals surface area (Å²) in [5.74, 6) is 0.908. The number of hydrogen-bond acceptors (Lipinski definition) is 3. The van der Waals surface area contributed by atoms with Crippen molar-refractivity contribution in [2.75, 3.05) is 6.61 Å². The summed E-state index contributed by atoms with van der Waals surface area (Å²) in [6.45, 7) is 0.294. The Kier molecular flexibility index (Phi) is 4.05. The van der Waals surface area contributed by atoms with Crippen molar-refractivity contribution in [2.45, 2.75) is 38.5 Å². The largest absolute Gasteiger partial charge is 0.396 e. The standard InChI is InChI=1S/C13H18N2O/c16-10-3-1-2-6-12-8-7-11-5-4-9-14-13(11)15-12/h7-9,16H,1-6,10H2. The summed E-state index contributed by atoms with van der Waals surface area (Å²) < 4.78 is 0. The SMILES string of the molecule is OCCCCCc1ccc2c(n1)N=CCC2. The number of aliphatic hydroxyl groups excluding tert-OH is 1. The van der Waals surface area contributed by atoms with Crippen molar-refractivity contribution >= 4 is 12.0 Å². The van der Waals surface area contributed by atoms with Crippen LogP contribution in [0.1, 0.15) is 36.9 Å². The molecule has 16 heavy (non-hydrogen) atoms. The van der Waals surface area contributed by atoms with Gasteiger partial charge in [0.05, 0.1) is 0 Å². The highest BCUT2D eigenvalue weighted by atomic mass is 16.2. The van der Waals surface area contributed by atoms with Crippen molar-refractivity contribution < 1.29 is 5.11 Å². The van der Waals surface area contributed by atoms with Crippen molar-refractivity contribution in [3.05, 3.63) is 23.4 Å². The van der Waals surface area contributed by atoms with Gasteiger partial charge in [-0.25, -0.2) is 9.98 Å². The van der Waals surface area contributed by atoms with Gasteiger partial charge in [-0.2, -0.15) is 0 Å². The Bertz CT molecular complexity index is 374. The lowest BCUT2D eigenvalue weighted by atomic mass is 10.1. The van der Waals surface area contributed by atoms with Crippen LogP contribution in [0.5, 0.6) is 0 Å². The van der Waals surface area contributed by atoms with E-state index in [1.165, 1.54) is 5.56 Å². The molecule has 0 unspecified atom stereocenters. The van der Waals surface area contributed by atoms with Crippen molar-refractivity contribution in [3.63, 3.8) is 0 Å². The molecule has 0 aliphatic carbocycles. The maximum absolute atomic E-state index is 8.69. The number of rotatable bonds is 5. The molecule has 3 nitrogen and oxygen atoms in total. The number of aryl methyl sites for hydroxylation is 2. The normalized spacial score (nSPS) is 13.8. The molecule has 0 aromatic carbocycles. The van der Waals surface area contributed by atoms with Gasteiger partial charge >= 0.3 is 0 Å². The van der Waals surface area contributed by atoms with E-state index in [1.807, 2.05) is 6.21 Å². The summed E-state index contributed by atoms with van der Waals surface area (Å²) in [7, 11) is 0. The summed E-state index contributed by atoms with van der Waals surface area (Å²) >= 11 is 0. The van der Waals surface area contributed by atoms with Crippen LogP contribution in [0.15, 0.2) is 17.1 Å². The fourth-order valence-corrected chi connectivity index (χ4v) is 1.93. The quantitative estimate of drug-likeness (QED) is 0.771. The highest BCUT2D eigenvalue weighted by molar-refractivity contribution is 5.66. The fourth-order valence-electron chi connectivity index (χ4n) is 1.93. The van der Waals surface area contributed by atoms with Gasteiger partial charge in [0.25, 0.3) is 0 Å². The Balaban J connectivity index is 1.93. The Labute approximate surface area is 96.3 Å². The molecule has 0 saturated carbocycles. The zero-order valence-electron chi connectivity index (χ0n) is 9.52. The summed E-state index contributed by atoms with van der Waals surface area (Å²) in [6, 6.07) is 4.26. The third kappa shape index (κ3) is 2.89. The minimum Gasteiger partial charge on any atom is -0.396 e. The van der Waals surface area contributed by atoms with Gasteiger partial charge in [-0.05, 0) is 43.7 Å². The summed E-state index contributed by atoms with van der Waals surface area (Å²) in [5, 5.41) is 8.69. The van der Waals surface area contributed by atoms with Crippen LogP contribution in [0.25, 0.3) is 0 Å². The molecule has 0 saturated heterocycles. The first-order valence-corrected chi connectivity index (χ1v) is 6.02. The van der Waals surface area contributed by atoms with Crippen LogP contribution < -0.4 is 0 Å². The predicted molar refractivity (Wildman–Crippen MR) is 65.4 cm³/mol. The van der Waals surface area contributed by atoms with Gasteiger partial charge in [-0.3, -0.25) is 0 Å². The number of unbranched alkanes of at least 4 members (excludes halogenated alkanes) is 2. The van der Waals surface area contributed by atoms with E-state index in [0.717, 1.165) is 50.0 Å². The number of aliphatic imine (C=N–C) groups is 1. The molecule has 86 valence electrons. The molecule has 3 heteroatoms. The lowest BCUT2D eigenvalue weighted by Crippen LogP contribution is -1.99. The van der Waals surface area contributed by atoms with E-state index < -0.39 is 0 Å². The molecule has 0 atom stereocenters. The minimum atomic E-state index is 0.294. The molecule has 1 aliphatic rings. The van der Waals surface area contributed by atoms with Crippen molar-refractivity contribution in [3.8, 4) is 0 Å². The predicted octanol–water partition coefficient (Wildman–Crippen LogP) is 2.44. The molecule has 1 aromatic rings. The minimum absolute atomic E-state index is 0.294. The second kappa shape index (κ2) is 5.75. The molecule has 0 fully saturated rings. The number of aromatic nitrogens is 1. The lowest BCUT2D eigenvalue weighted by molar-refractivity contribution is 0.283. The number of fused-ring (bicyclic) bond motifs is 1. The van der Waals surface area contributed by atoms with Crippen LogP contribution in [0.4, 0.5) is 5.82 Å². The molecule has 0 bridgehead atoms. The van der Waals surface area contributed by atoms with Gasteiger partial charge in [0, 0.05) is 18.5 Å². The molecule has 1 aromatic heterocycles. The Morgan fingerprint density at radius 3 is 3.00 bits per heavy atom. The first-order chi connectivity index (χ1) is 7.90. The first-order valence-electron chi connectivity index (χ1n) is 6.02. The third-order valence-corrected chi connectivity index (χ3v) is 2.86.